The average Bonchev–Trinajstić information content (AvgIpc) is 2.69. The molecule has 2 aromatic rings. The van der Waals surface area contributed by atoms with Gasteiger partial charge in [-0.15, -0.1) is 0 Å². The molecule has 2 rings (SSSR count). The van der Waals surface area contributed by atoms with Crippen LogP contribution in [0.3, 0.4) is 0 Å². The van der Waals surface area contributed by atoms with Crippen LogP contribution in [0.25, 0.3) is 0 Å². The van der Waals surface area contributed by atoms with E-state index < -0.39 is 23.5 Å². The molecule has 164 valence electrons. The molecule has 0 radical (unpaired) electrons. The zero-order chi connectivity index (χ0) is 22.3. The molecular weight excluding hydrogens is 391 g/mol. The van der Waals surface area contributed by atoms with E-state index in [-0.39, 0.29) is 6.61 Å². The third kappa shape index (κ3) is 6.91. The molecule has 1 N–H and O–H groups in total. The number of carbonyl (C=O) groups is 1. The van der Waals surface area contributed by atoms with E-state index >= 15 is 0 Å². The van der Waals surface area contributed by atoms with Gasteiger partial charge in [0.25, 0.3) is 0 Å². The van der Waals surface area contributed by atoms with E-state index in [4.69, 9.17) is 18.9 Å². The van der Waals surface area contributed by atoms with Gasteiger partial charge in [-0.3, -0.25) is 0 Å². The Labute approximate surface area is 176 Å². The molecule has 0 saturated heterocycles. The Bertz CT molecular complexity index is 859. The number of carbonyl (C=O) groups excluding carboxylic acids is 1. The lowest BCUT2D eigenvalue weighted by molar-refractivity contribution is -0.157. The predicted octanol–water partition coefficient (Wildman–Crippen LogP) is 4.23. The first-order valence-electron chi connectivity index (χ1n) is 9.66. The van der Waals surface area contributed by atoms with Gasteiger partial charge < -0.3 is 24.1 Å². The van der Waals surface area contributed by atoms with Gasteiger partial charge >= 0.3 is 5.97 Å². The minimum absolute atomic E-state index is 0.228. The summed E-state index contributed by atoms with van der Waals surface area (Å²) in [4.78, 5) is 11.8. The van der Waals surface area contributed by atoms with E-state index in [1.54, 1.807) is 51.1 Å². The maximum Gasteiger partial charge on any atom is 0.344 e. The van der Waals surface area contributed by atoms with Gasteiger partial charge in [0.2, 0.25) is 0 Å². The van der Waals surface area contributed by atoms with Gasteiger partial charge in [0, 0.05) is 6.07 Å². The van der Waals surface area contributed by atoms with Crippen molar-refractivity contribution in [1.82, 2.24) is 0 Å². The molecule has 0 aromatic heterocycles. The maximum absolute atomic E-state index is 14.3. The largest absolute Gasteiger partial charge is 0.493 e. The Balaban J connectivity index is 1.99. The third-order valence-electron chi connectivity index (χ3n) is 4.26. The van der Waals surface area contributed by atoms with Gasteiger partial charge in [0.05, 0.1) is 20.3 Å². The topological polar surface area (TPSA) is 74.2 Å². The molecule has 0 aliphatic heterocycles. The van der Waals surface area contributed by atoms with Crippen molar-refractivity contribution in [2.24, 2.45) is 0 Å². The van der Waals surface area contributed by atoms with Crippen LogP contribution >= 0.6 is 0 Å². The number of benzene rings is 2. The molecule has 0 spiro atoms. The van der Waals surface area contributed by atoms with E-state index in [0.717, 1.165) is 0 Å². The number of hydrogen-bond acceptors (Lipinski definition) is 6. The van der Waals surface area contributed by atoms with E-state index in [1.807, 2.05) is 0 Å². The SMILES string of the molecule is COc1cc(F)c(CC[C@@H](O)c2cccc(OCC(=O)OC(C)(C)C)c2)cc1OC. The standard InChI is InChI=1S/C23H29FO6/c1-23(2,3)30-22(26)14-29-17-8-6-7-16(11-17)19(25)10-9-15-12-20(27-4)21(28-5)13-18(15)24/h6-8,11-13,19,25H,9-10,14H2,1-5H3/t19-/m1/s1. The van der Waals surface area contributed by atoms with Crippen LogP contribution in [-0.4, -0.2) is 37.5 Å². The molecule has 0 heterocycles. The Morgan fingerprint density at radius 3 is 2.40 bits per heavy atom. The van der Waals surface area contributed by atoms with Crippen LogP contribution in [0.4, 0.5) is 4.39 Å². The van der Waals surface area contributed by atoms with Crippen molar-refractivity contribution in [2.75, 3.05) is 20.8 Å². The Kier molecular flexibility index (Phi) is 8.06. The second-order valence-electron chi connectivity index (χ2n) is 7.80. The first kappa shape index (κ1) is 23.5. The van der Waals surface area contributed by atoms with Crippen molar-refractivity contribution < 1.29 is 33.2 Å². The lowest BCUT2D eigenvalue weighted by Crippen LogP contribution is -2.27. The number of esters is 1. The first-order chi connectivity index (χ1) is 14.1. The number of halogens is 1. The number of aryl methyl sites for hydroxylation is 1. The molecule has 0 bridgehead atoms. The smallest absolute Gasteiger partial charge is 0.344 e. The highest BCUT2D eigenvalue weighted by atomic mass is 19.1. The van der Waals surface area contributed by atoms with Crippen molar-refractivity contribution in [3.05, 3.63) is 53.3 Å². The number of aliphatic hydroxyl groups excluding tert-OH is 1. The van der Waals surface area contributed by atoms with Gasteiger partial charge in [-0.25, -0.2) is 9.18 Å². The number of methoxy groups -OCH3 is 2. The summed E-state index contributed by atoms with van der Waals surface area (Å²) in [6.07, 6.45) is -0.235. The number of hydrogen-bond donors (Lipinski definition) is 1. The van der Waals surface area contributed by atoms with Crippen molar-refractivity contribution in [1.29, 1.82) is 0 Å². The highest BCUT2D eigenvalue weighted by Gasteiger charge is 2.17. The van der Waals surface area contributed by atoms with Crippen LogP contribution in [0.2, 0.25) is 0 Å². The van der Waals surface area contributed by atoms with Crippen LogP contribution < -0.4 is 14.2 Å². The van der Waals surface area contributed by atoms with Crippen molar-refractivity contribution in [3.63, 3.8) is 0 Å². The van der Waals surface area contributed by atoms with E-state index in [2.05, 4.69) is 0 Å². The van der Waals surface area contributed by atoms with Crippen molar-refractivity contribution in [3.8, 4) is 17.2 Å². The summed E-state index contributed by atoms with van der Waals surface area (Å²) in [6.45, 7) is 5.11. The molecule has 6 nitrogen and oxygen atoms in total. The summed E-state index contributed by atoms with van der Waals surface area (Å²) in [5.74, 6) is 0.288. The molecule has 0 amide bonds. The zero-order valence-corrected chi connectivity index (χ0v) is 18.0. The van der Waals surface area contributed by atoms with Gasteiger partial charge in [0.1, 0.15) is 17.2 Å². The van der Waals surface area contributed by atoms with E-state index in [1.165, 1.54) is 20.3 Å². The van der Waals surface area contributed by atoms with Gasteiger partial charge in [-0.2, -0.15) is 0 Å². The number of aliphatic hydroxyl groups is 1. The van der Waals surface area contributed by atoms with Gasteiger partial charge in [-0.05, 0) is 62.9 Å². The van der Waals surface area contributed by atoms with E-state index in [0.29, 0.717) is 41.2 Å². The lowest BCUT2D eigenvalue weighted by atomic mass is 10.0. The molecule has 30 heavy (non-hydrogen) atoms. The lowest BCUT2D eigenvalue weighted by Gasteiger charge is -2.19. The van der Waals surface area contributed by atoms with Crippen LogP contribution in [-0.2, 0) is 16.0 Å². The number of ether oxygens (including phenoxy) is 4. The molecule has 0 fully saturated rings. The quantitative estimate of drug-likeness (QED) is 0.612. The molecule has 1 atom stereocenters. The van der Waals surface area contributed by atoms with Crippen molar-refractivity contribution in [2.45, 2.75) is 45.3 Å². The third-order valence-corrected chi connectivity index (χ3v) is 4.26. The fourth-order valence-electron chi connectivity index (χ4n) is 2.87. The van der Waals surface area contributed by atoms with E-state index in [9.17, 15) is 14.3 Å². The minimum Gasteiger partial charge on any atom is -0.493 e. The molecule has 7 heteroatoms. The summed E-state index contributed by atoms with van der Waals surface area (Å²) >= 11 is 0. The van der Waals surface area contributed by atoms with Crippen LogP contribution in [0.15, 0.2) is 36.4 Å². The van der Waals surface area contributed by atoms with Crippen molar-refractivity contribution >= 4 is 5.97 Å². The Morgan fingerprint density at radius 1 is 1.10 bits per heavy atom. The van der Waals surface area contributed by atoms with Gasteiger partial charge in [0.15, 0.2) is 18.1 Å². The van der Waals surface area contributed by atoms with Crippen LogP contribution in [0.1, 0.15) is 44.4 Å². The highest BCUT2D eigenvalue weighted by molar-refractivity contribution is 5.71. The van der Waals surface area contributed by atoms with Crippen LogP contribution in [0.5, 0.6) is 17.2 Å². The monoisotopic (exact) mass is 420 g/mol. The molecule has 0 unspecified atom stereocenters. The first-order valence-corrected chi connectivity index (χ1v) is 9.66. The fraction of sp³-hybridized carbons (Fsp3) is 0.435. The summed E-state index contributed by atoms with van der Waals surface area (Å²) in [7, 11) is 2.93. The minimum atomic E-state index is -0.831. The molecule has 0 aliphatic rings. The highest BCUT2D eigenvalue weighted by Crippen LogP contribution is 2.31. The summed E-state index contributed by atoms with van der Waals surface area (Å²) < 4.78 is 35.2. The normalized spacial score (nSPS) is 12.2. The summed E-state index contributed by atoms with van der Waals surface area (Å²) in [6, 6.07) is 9.65. The molecule has 0 saturated carbocycles. The summed E-state index contributed by atoms with van der Waals surface area (Å²) in [5.41, 5.74) is 0.444. The average molecular weight is 420 g/mol. The second-order valence-corrected chi connectivity index (χ2v) is 7.80. The summed E-state index contributed by atoms with van der Waals surface area (Å²) in [5, 5.41) is 10.5. The molecule has 0 aliphatic carbocycles. The fourth-order valence-corrected chi connectivity index (χ4v) is 2.87. The zero-order valence-electron chi connectivity index (χ0n) is 18.0. The number of rotatable bonds is 9. The second kappa shape index (κ2) is 10.3. The maximum atomic E-state index is 14.3. The Hall–Kier alpha value is -2.80. The molecular formula is C23H29FO6. The Morgan fingerprint density at radius 2 is 1.77 bits per heavy atom. The van der Waals surface area contributed by atoms with Crippen LogP contribution in [0, 0.1) is 5.82 Å². The predicted molar refractivity (Wildman–Crippen MR) is 111 cm³/mol. The van der Waals surface area contributed by atoms with Gasteiger partial charge in [-0.1, -0.05) is 12.1 Å². The molecule has 2 aromatic carbocycles.